The van der Waals surface area contributed by atoms with E-state index < -0.39 is 0 Å². The molecule has 0 aliphatic carbocycles. The van der Waals surface area contributed by atoms with E-state index in [-0.39, 0.29) is 0 Å². The Labute approximate surface area is 176 Å². The number of piperidine rings is 1. The van der Waals surface area contributed by atoms with Gasteiger partial charge < -0.3 is 15.5 Å². The van der Waals surface area contributed by atoms with E-state index in [1.54, 1.807) is 6.20 Å². The summed E-state index contributed by atoms with van der Waals surface area (Å²) in [6.07, 6.45) is 6.97. The van der Waals surface area contributed by atoms with E-state index in [4.69, 9.17) is 0 Å². The zero-order valence-corrected chi connectivity index (χ0v) is 17.6. The molecule has 1 aromatic carbocycles. The maximum atomic E-state index is 4.40. The lowest BCUT2D eigenvalue weighted by Gasteiger charge is -2.33. The zero-order valence-electron chi connectivity index (χ0n) is 16.8. The van der Waals surface area contributed by atoms with Crippen LogP contribution in [0.5, 0.6) is 0 Å². The fraction of sp³-hybridized carbons (Fsp3) is 0.364. The normalized spacial score (nSPS) is 15.5. The van der Waals surface area contributed by atoms with Crippen molar-refractivity contribution in [2.75, 3.05) is 31.6 Å². The van der Waals surface area contributed by atoms with Gasteiger partial charge in [-0.25, -0.2) is 4.68 Å². The number of anilines is 1. The third kappa shape index (κ3) is 5.17. The van der Waals surface area contributed by atoms with Crippen molar-refractivity contribution < 1.29 is 0 Å². The number of rotatable bonds is 6. The molecule has 0 spiro atoms. The van der Waals surface area contributed by atoms with E-state index in [1.165, 1.54) is 10.6 Å². The lowest BCUT2D eigenvalue weighted by atomic mass is 10.1. The minimum absolute atomic E-state index is 0.478. The van der Waals surface area contributed by atoms with E-state index in [0.29, 0.717) is 6.04 Å². The Morgan fingerprint density at radius 3 is 2.66 bits per heavy atom. The van der Waals surface area contributed by atoms with Gasteiger partial charge in [-0.3, -0.25) is 4.99 Å². The molecule has 0 radical (unpaired) electrons. The quantitative estimate of drug-likeness (QED) is 0.485. The van der Waals surface area contributed by atoms with Gasteiger partial charge in [0.2, 0.25) is 0 Å². The summed E-state index contributed by atoms with van der Waals surface area (Å²) in [7, 11) is 1.84. The Balaban J connectivity index is 1.20. The summed E-state index contributed by atoms with van der Waals surface area (Å²) in [5, 5.41) is 14.8. The first-order chi connectivity index (χ1) is 14.3. The second kappa shape index (κ2) is 9.60. The van der Waals surface area contributed by atoms with Gasteiger partial charge in [0.1, 0.15) is 0 Å². The third-order valence-electron chi connectivity index (χ3n) is 5.29. The zero-order chi connectivity index (χ0) is 19.9. The molecule has 152 valence electrons. The van der Waals surface area contributed by atoms with Crippen molar-refractivity contribution in [3.63, 3.8) is 0 Å². The van der Waals surface area contributed by atoms with Gasteiger partial charge in [0.05, 0.1) is 10.7 Å². The van der Waals surface area contributed by atoms with Crippen molar-refractivity contribution in [3.8, 4) is 5.69 Å². The van der Waals surface area contributed by atoms with Crippen LogP contribution in [0.1, 0.15) is 18.4 Å². The number of nitrogens with zero attached hydrogens (tertiary/aromatic N) is 4. The van der Waals surface area contributed by atoms with Gasteiger partial charge in [0.15, 0.2) is 5.96 Å². The fourth-order valence-electron chi connectivity index (χ4n) is 3.64. The van der Waals surface area contributed by atoms with Gasteiger partial charge in [-0.1, -0.05) is 12.1 Å². The Hall–Kier alpha value is -2.80. The SMILES string of the molecule is CN=C(NCCc1ccc(-n2cccn2)cc1)NC1CCN(c2cccs2)CC1. The molecule has 1 aliphatic heterocycles. The van der Waals surface area contributed by atoms with Crippen molar-refractivity contribution in [2.24, 2.45) is 4.99 Å². The third-order valence-corrected chi connectivity index (χ3v) is 6.22. The average molecular weight is 409 g/mol. The molecule has 6 nitrogen and oxygen atoms in total. The highest BCUT2D eigenvalue weighted by molar-refractivity contribution is 7.14. The van der Waals surface area contributed by atoms with Crippen LogP contribution in [-0.4, -0.2) is 48.5 Å². The van der Waals surface area contributed by atoms with Gasteiger partial charge >= 0.3 is 0 Å². The lowest BCUT2D eigenvalue weighted by Crippen LogP contribution is -2.49. The van der Waals surface area contributed by atoms with Gasteiger partial charge in [0, 0.05) is 45.1 Å². The maximum absolute atomic E-state index is 4.40. The van der Waals surface area contributed by atoms with Gasteiger partial charge in [0.25, 0.3) is 0 Å². The Morgan fingerprint density at radius 1 is 1.17 bits per heavy atom. The van der Waals surface area contributed by atoms with Crippen LogP contribution in [0, 0.1) is 0 Å². The van der Waals surface area contributed by atoms with Crippen LogP contribution in [0.15, 0.2) is 65.2 Å². The average Bonchev–Trinajstić information content (AvgIpc) is 3.48. The first-order valence-electron chi connectivity index (χ1n) is 10.2. The molecule has 2 N–H and O–H groups in total. The van der Waals surface area contributed by atoms with Gasteiger partial charge in [-0.05, 0) is 60.5 Å². The molecule has 7 heteroatoms. The minimum Gasteiger partial charge on any atom is -0.363 e. The van der Waals surface area contributed by atoms with Crippen molar-refractivity contribution >= 4 is 22.3 Å². The number of nitrogens with one attached hydrogen (secondary N) is 2. The number of hydrogen-bond donors (Lipinski definition) is 2. The summed E-state index contributed by atoms with van der Waals surface area (Å²) in [5.41, 5.74) is 2.38. The predicted octanol–water partition coefficient (Wildman–Crippen LogP) is 3.31. The molecule has 0 amide bonds. The lowest BCUT2D eigenvalue weighted by molar-refractivity contribution is 0.463. The smallest absolute Gasteiger partial charge is 0.191 e. The van der Waals surface area contributed by atoms with Crippen LogP contribution in [0.3, 0.4) is 0 Å². The molecule has 1 saturated heterocycles. The highest BCUT2D eigenvalue weighted by Gasteiger charge is 2.20. The Kier molecular flexibility index (Phi) is 6.46. The highest BCUT2D eigenvalue weighted by Crippen LogP contribution is 2.24. The minimum atomic E-state index is 0.478. The van der Waals surface area contributed by atoms with Crippen molar-refractivity contribution in [2.45, 2.75) is 25.3 Å². The number of thiophene rings is 1. The Bertz CT molecular complexity index is 878. The molecule has 3 aromatic rings. The molecule has 29 heavy (non-hydrogen) atoms. The first kappa shape index (κ1) is 19.5. The number of aromatic nitrogens is 2. The van der Waals surface area contributed by atoms with E-state index in [0.717, 1.165) is 50.5 Å². The fourth-order valence-corrected chi connectivity index (χ4v) is 4.43. The molecular formula is C22H28N6S. The maximum Gasteiger partial charge on any atom is 0.191 e. The van der Waals surface area contributed by atoms with Crippen LogP contribution in [0.2, 0.25) is 0 Å². The number of benzene rings is 1. The largest absolute Gasteiger partial charge is 0.363 e. The summed E-state index contributed by atoms with van der Waals surface area (Å²) in [6.45, 7) is 3.05. The molecule has 4 rings (SSSR count). The molecule has 0 atom stereocenters. The van der Waals surface area contributed by atoms with Gasteiger partial charge in [-0.15, -0.1) is 11.3 Å². The van der Waals surface area contributed by atoms with Crippen molar-refractivity contribution in [3.05, 3.63) is 65.8 Å². The summed E-state index contributed by atoms with van der Waals surface area (Å²) in [6, 6.07) is 15.3. The van der Waals surface area contributed by atoms with E-state index in [2.05, 4.69) is 67.4 Å². The summed E-state index contributed by atoms with van der Waals surface area (Å²) >= 11 is 1.82. The van der Waals surface area contributed by atoms with Crippen LogP contribution < -0.4 is 15.5 Å². The van der Waals surface area contributed by atoms with Gasteiger partial charge in [-0.2, -0.15) is 5.10 Å². The molecule has 0 saturated carbocycles. The highest BCUT2D eigenvalue weighted by atomic mass is 32.1. The predicted molar refractivity (Wildman–Crippen MR) is 121 cm³/mol. The van der Waals surface area contributed by atoms with E-state index in [9.17, 15) is 0 Å². The summed E-state index contributed by atoms with van der Waals surface area (Å²) in [4.78, 5) is 6.88. The first-order valence-corrected chi connectivity index (χ1v) is 11.0. The summed E-state index contributed by atoms with van der Waals surface area (Å²) < 4.78 is 1.87. The number of guanidine groups is 1. The van der Waals surface area contributed by atoms with Crippen LogP contribution in [-0.2, 0) is 6.42 Å². The summed E-state index contributed by atoms with van der Waals surface area (Å²) in [5.74, 6) is 0.896. The topological polar surface area (TPSA) is 57.5 Å². The monoisotopic (exact) mass is 408 g/mol. The second-order valence-corrected chi connectivity index (χ2v) is 8.15. The molecule has 1 fully saturated rings. The molecule has 3 heterocycles. The molecule has 1 aliphatic rings. The van der Waals surface area contributed by atoms with E-state index in [1.807, 2.05) is 35.3 Å². The molecule has 0 unspecified atom stereocenters. The number of hydrogen-bond acceptors (Lipinski definition) is 4. The Morgan fingerprint density at radius 2 is 2.00 bits per heavy atom. The number of aliphatic imine (C=N–C) groups is 1. The van der Waals surface area contributed by atoms with Crippen LogP contribution >= 0.6 is 11.3 Å². The van der Waals surface area contributed by atoms with Crippen molar-refractivity contribution in [1.82, 2.24) is 20.4 Å². The molecule has 2 aromatic heterocycles. The standard InChI is InChI=1S/C22H28N6S/c1-23-22(26-19-10-15-27(16-11-19)21-4-2-17-29-21)24-13-9-18-5-7-20(8-6-18)28-14-3-12-25-28/h2-8,12,14,17,19H,9-11,13,15-16H2,1H3,(H2,23,24,26). The van der Waals surface area contributed by atoms with E-state index >= 15 is 0 Å². The molecular weight excluding hydrogens is 380 g/mol. The van der Waals surface area contributed by atoms with Crippen LogP contribution in [0.25, 0.3) is 5.69 Å². The van der Waals surface area contributed by atoms with Crippen molar-refractivity contribution in [1.29, 1.82) is 0 Å². The van der Waals surface area contributed by atoms with Crippen LogP contribution in [0.4, 0.5) is 5.00 Å². The molecule has 0 bridgehead atoms. The second-order valence-electron chi connectivity index (χ2n) is 7.22.